The molecule has 5 heterocycles. The lowest BCUT2D eigenvalue weighted by Gasteiger charge is -2.39. The predicted molar refractivity (Wildman–Crippen MR) is 125 cm³/mol. The highest BCUT2D eigenvalue weighted by molar-refractivity contribution is 5.77. The Kier molecular flexibility index (Phi) is 4.90. The van der Waals surface area contributed by atoms with Gasteiger partial charge in [0.15, 0.2) is 5.65 Å². The Balaban J connectivity index is 1.32. The van der Waals surface area contributed by atoms with Gasteiger partial charge in [-0.1, -0.05) is 26.0 Å². The molecule has 6 rings (SSSR count). The van der Waals surface area contributed by atoms with E-state index in [0.717, 1.165) is 66.2 Å². The van der Waals surface area contributed by atoms with Gasteiger partial charge in [-0.15, -0.1) is 0 Å². The van der Waals surface area contributed by atoms with Gasteiger partial charge in [-0.2, -0.15) is 19.6 Å². The number of aromatic nitrogens is 6. The molecule has 0 atom stereocenters. The standard InChI is InChI=1S/C23H29N9O/c1-15(2)17-14-26-32-20(17)27-22(31-11-8-23(9-12-31)7-4-10-25-23)28-21(32)24-13-16-5-3-6-18-19(16)30-33-29-18/h3,5-6,14-15,25H,4,7-13H2,1-2H3,(H,24,27,28). The number of nitrogens with zero attached hydrogens (tertiary/aromatic N) is 7. The van der Waals surface area contributed by atoms with Crippen LogP contribution in [0.25, 0.3) is 16.7 Å². The second kappa shape index (κ2) is 7.95. The van der Waals surface area contributed by atoms with Crippen LogP contribution in [0.4, 0.5) is 11.9 Å². The number of rotatable bonds is 5. The Morgan fingerprint density at radius 2 is 2.03 bits per heavy atom. The van der Waals surface area contributed by atoms with Crippen LogP contribution in [0, 0.1) is 0 Å². The molecule has 0 unspecified atom stereocenters. The van der Waals surface area contributed by atoms with Crippen LogP contribution < -0.4 is 15.5 Å². The maximum absolute atomic E-state index is 4.97. The molecule has 0 bridgehead atoms. The Morgan fingerprint density at radius 3 is 2.82 bits per heavy atom. The van der Waals surface area contributed by atoms with E-state index in [2.05, 4.69) is 44.8 Å². The largest absolute Gasteiger partial charge is 0.350 e. The molecule has 0 amide bonds. The van der Waals surface area contributed by atoms with Crippen molar-refractivity contribution in [1.29, 1.82) is 0 Å². The average Bonchev–Trinajstić information content (AvgIpc) is 3.57. The molecule has 2 saturated heterocycles. The Morgan fingerprint density at radius 1 is 1.15 bits per heavy atom. The summed E-state index contributed by atoms with van der Waals surface area (Å²) < 4.78 is 6.72. The highest BCUT2D eigenvalue weighted by atomic mass is 16.6. The van der Waals surface area contributed by atoms with Crippen LogP contribution in [0.2, 0.25) is 0 Å². The third kappa shape index (κ3) is 3.58. The second-order valence-corrected chi connectivity index (χ2v) is 9.54. The van der Waals surface area contributed by atoms with Crippen molar-refractivity contribution in [1.82, 2.24) is 35.2 Å². The first kappa shape index (κ1) is 20.3. The molecule has 2 fully saturated rings. The minimum atomic E-state index is 0.311. The van der Waals surface area contributed by atoms with Gasteiger partial charge in [0.1, 0.15) is 11.0 Å². The van der Waals surface area contributed by atoms with E-state index in [1.165, 1.54) is 12.8 Å². The lowest BCUT2D eigenvalue weighted by molar-refractivity contribution is 0.295. The lowest BCUT2D eigenvalue weighted by atomic mass is 9.86. The summed E-state index contributed by atoms with van der Waals surface area (Å²) in [6.07, 6.45) is 6.71. The van der Waals surface area contributed by atoms with E-state index >= 15 is 0 Å². The minimum absolute atomic E-state index is 0.311. The zero-order valence-electron chi connectivity index (χ0n) is 19.1. The molecule has 33 heavy (non-hydrogen) atoms. The number of benzene rings is 1. The number of anilines is 2. The lowest BCUT2D eigenvalue weighted by Crippen LogP contribution is -2.50. The number of nitrogens with one attached hydrogen (secondary N) is 2. The van der Waals surface area contributed by atoms with Crippen molar-refractivity contribution in [2.75, 3.05) is 29.9 Å². The van der Waals surface area contributed by atoms with Crippen LogP contribution in [0.1, 0.15) is 56.6 Å². The van der Waals surface area contributed by atoms with Gasteiger partial charge in [0.05, 0.1) is 6.20 Å². The van der Waals surface area contributed by atoms with E-state index in [9.17, 15) is 0 Å². The molecule has 0 radical (unpaired) electrons. The summed E-state index contributed by atoms with van der Waals surface area (Å²) in [6.45, 7) is 7.91. The number of hydrogen-bond acceptors (Lipinski definition) is 9. The summed E-state index contributed by atoms with van der Waals surface area (Å²) in [7, 11) is 0. The summed E-state index contributed by atoms with van der Waals surface area (Å²) in [6, 6.07) is 5.86. The van der Waals surface area contributed by atoms with Crippen LogP contribution in [0.3, 0.4) is 0 Å². The minimum Gasteiger partial charge on any atom is -0.350 e. The molecular weight excluding hydrogens is 418 g/mol. The molecule has 0 aliphatic carbocycles. The highest BCUT2D eigenvalue weighted by Gasteiger charge is 2.37. The van der Waals surface area contributed by atoms with Crippen molar-refractivity contribution < 1.29 is 4.63 Å². The topological polar surface area (TPSA) is 109 Å². The molecule has 10 nitrogen and oxygen atoms in total. The number of fused-ring (bicyclic) bond motifs is 2. The first-order valence-electron chi connectivity index (χ1n) is 11.8. The van der Waals surface area contributed by atoms with E-state index in [4.69, 9.17) is 14.6 Å². The van der Waals surface area contributed by atoms with Gasteiger partial charge >= 0.3 is 0 Å². The quantitative estimate of drug-likeness (QED) is 0.477. The molecule has 2 aliphatic heterocycles. The van der Waals surface area contributed by atoms with Gasteiger partial charge < -0.3 is 15.5 Å². The van der Waals surface area contributed by atoms with Crippen LogP contribution in [0.5, 0.6) is 0 Å². The average molecular weight is 448 g/mol. The smallest absolute Gasteiger partial charge is 0.230 e. The number of piperidine rings is 1. The molecule has 2 N–H and O–H groups in total. The molecular formula is C23H29N9O. The third-order valence-corrected chi connectivity index (χ3v) is 7.15. The Bertz CT molecular complexity index is 1280. The molecule has 172 valence electrons. The molecule has 1 aromatic carbocycles. The predicted octanol–water partition coefficient (Wildman–Crippen LogP) is 3.12. The summed E-state index contributed by atoms with van der Waals surface area (Å²) in [5, 5.41) is 19.8. The fraction of sp³-hybridized carbons (Fsp3) is 0.522. The first-order chi connectivity index (χ1) is 16.1. The summed E-state index contributed by atoms with van der Waals surface area (Å²) in [5.41, 5.74) is 4.78. The fourth-order valence-corrected chi connectivity index (χ4v) is 5.16. The fourth-order valence-electron chi connectivity index (χ4n) is 5.16. The molecule has 2 aliphatic rings. The zero-order chi connectivity index (χ0) is 22.4. The maximum atomic E-state index is 4.97. The first-order valence-corrected chi connectivity index (χ1v) is 11.8. The molecule has 0 saturated carbocycles. The van der Waals surface area contributed by atoms with E-state index in [-0.39, 0.29) is 0 Å². The molecule has 4 aromatic rings. The normalized spacial score (nSPS) is 18.2. The monoisotopic (exact) mass is 447 g/mol. The van der Waals surface area contributed by atoms with Crippen molar-refractivity contribution in [3.05, 3.63) is 35.5 Å². The van der Waals surface area contributed by atoms with Crippen LogP contribution in [0.15, 0.2) is 29.0 Å². The number of hydrogen-bond donors (Lipinski definition) is 2. The van der Waals surface area contributed by atoms with Gasteiger partial charge in [-0.05, 0) is 54.5 Å². The molecule has 3 aromatic heterocycles. The van der Waals surface area contributed by atoms with Gasteiger partial charge in [-0.25, -0.2) is 4.63 Å². The highest BCUT2D eigenvalue weighted by Crippen LogP contribution is 2.33. The van der Waals surface area contributed by atoms with E-state index in [0.29, 0.717) is 23.9 Å². The summed E-state index contributed by atoms with van der Waals surface area (Å²) in [5.74, 6) is 1.76. The van der Waals surface area contributed by atoms with Gasteiger partial charge in [0.25, 0.3) is 0 Å². The second-order valence-electron chi connectivity index (χ2n) is 9.54. The SMILES string of the molecule is CC(C)c1cnn2c(NCc3cccc4nonc34)nc(N3CCC4(CCCN4)CC3)nc12. The Hall–Kier alpha value is -3.27. The van der Waals surface area contributed by atoms with Crippen molar-refractivity contribution in [3.63, 3.8) is 0 Å². The molecule has 10 heteroatoms. The van der Waals surface area contributed by atoms with E-state index < -0.39 is 0 Å². The van der Waals surface area contributed by atoms with Crippen LogP contribution >= 0.6 is 0 Å². The Labute approximate surface area is 191 Å². The van der Waals surface area contributed by atoms with Gasteiger partial charge in [0.2, 0.25) is 11.9 Å². The van der Waals surface area contributed by atoms with Crippen molar-refractivity contribution >= 4 is 28.6 Å². The van der Waals surface area contributed by atoms with Gasteiger partial charge in [-0.3, -0.25) is 0 Å². The van der Waals surface area contributed by atoms with Crippen LogP contribution in [-0.4, -0.2) is 55.1 Å². The van der Waals surface area contributed by atoms with Crippen molar-refractivity contribution in [2.24, 2.45) is 0 Å². The van der Waals surface area contributed by atoms with Crippen molar-refractivity contribution in [2.45, 2.75) is 57.5 Å². The van der Waals surface area contributed by atoms with Crippen molar-refractivity contribution in [3.8, 4) is 0 Å². The maximum Gasteiger partial charge on any atom is 0.230 e. The third-order valence-electron chi connectivity index (χ3n) is 7.15. The molecule has 1 spiro atoms. The van der Waals surface area contributed by atoms with Crippen LogP contribution in [-0.2, 0) is 6.54 Å². The van der Waals surface area contributed by atoms with E-state index in [1.54, 1.807) is 0 Å². The van der Waals surface area contributed by atoms with E-state index in [1.807, 2.05) is 28.9 Å². The summed E-state index contributed by atoms with van der Waals surface area (Å²) >= 11 is 0. The zero-order valence-corrected chi connectivity index (χ0v) is 19.1. The summed E-state index contributed by atoms with van der Waals surface area (Å²) in [4.78, 5) is 12.2. The van der Waals surface area contributed by atoms with Gasteiger partial charge in [0, 0.05) is 36.3 Å².